The second kappa shape index (κ2) is 10.3. The smallest absolute Gasteiger partial charge is 0.297 e. The van der Waals surface area contributed by atoms with Crippen molar-refractivity contribution in [3.63, 3.8) is 0 Å². The summed E-state index contributed by atoms with van der Waals surface area (Å²) in [5.74, 6) is -1.11. The lowest BCUT2D eigenvalue weighted by Crippen LogP contribution is -2.22. The highest BCUT2D eigenvalue weighted by Crippen LogP contribution is 2.26. The summed E-state index contributed by atoms with van der Waals surface area (Å²) < 4.78 is 32.0. The molecule has 0 spiro atoms. The van der Waals surface area contributed by atoms with E-state index in [1.165, 1.54) is 6.07 Å². The van der Waals surface area contributed by atoms with Gasteiger partial charge in [-0.25, -0.2) is 0 Å². The molecule has 0 heterocycles. The summed E-state index contributed by atoms with van der Waals surface area (Å²) in [7, 11) is -4.47. The molecule has 0 fully saturated rings. The van der Waals surface area contributed by atoms with Gasteiger partial charge in [-0.3, -0.25) is 14.8 Å². The van der Waals surface area contributed by atoms with Crippen molar-refractivity contribution in [2.45, 2.75) is 4.90 Å². The maximum Gasteiger partial charge on any atom is 0.297 e. The van der Waals surface area contributed by atoms with Crippen molar-refractivity contribution in [2.75, 3.05) is 10.7 Å². The number of azo groups is 1. The van der Waals surface area contributed by atoms with Crippen molar-refractivity contribution in [3.05, 3.63) is 82.8 Å². The molecule has 1 amide bonds. The van der Waals surface area contributed by atoms with E-state index < -0.39 is 26.8 Å². The van der Waals surface area contributed by atoms with Crippen LogP contribution >= 0.6 is 23.2 Å². The van der Waals surface area contributed by atoms with Gasteiger partial charge in [0.15, 0.2) is 0 Å². The lowest BCUT2D eigenvalue weighted by Gasteiger charge is -2.07. The second-order valence-corrected chi connectivity index (χ2v) is 8.37. The van der Waals surface area contributed by atoms with E-state index in [-0.39, 0.29) is 10.7 Å². The molecule has 0 unspecified atom stereocenters. The fraction of sp³-hybridized carbons (Fsp3) is 0. The molecule has 164 valence electrons. The molecule has 0 aliphatic heterocycles. The lowest BCUT2D eigenvalue weighted by atomic mass is 10.3. The fourth-order valence-electron chi connectivity index (χ4n) is 2.32. The van der Waals surface area contributed by atoms with Gasteiger partial charge in [0.25, 0.3) is 21.9 Å². The monoisotopic (exact) mass is 491 g/mol. The zero-order valence-corrected chi connectivity index (χ0v) is 18.4. The standard InChI is InChI=1S/C20H15Cl2N5O4S/c21-15-8-4-5-9-17(15)24-26-19(20(28)23-13-6-2-1-3-7-13)27-25-18-12-14(32(29,30)31)10-11-16(18)22/h1-12,25H,(H,23,28)(H,29,30,31)/b26-24?,27-19+. The molecule has 0 aliphatic carbocycles. The van der Waals surface area contributed by atoms with E-state index in [1.54, 1.807) is 54.6 Å². The molecular formula is C20H15Cl2N5O4S. The first-order valence-corrected chi connectivity index (χ1v) is 11.1. The first kappa shape index (κ1) is 23.4. The number of para-hydroxylation sites is 1. The molecule has 3 aromatic carbocycles. The molecule has 9 nitrogen and oxygen atoms in total. The number of amides is 1. The number of hydrogen-bond donors (Lipinski definition) is 3. The topological polar surface area (TPSA) is 133 Å². The normalized spacial score (nSPS) is 12.0. The molecule has 0 aromatic heterocycles. The molecular weight excluding hydrogens is 477 g/mol. The summed E-state index contributed by atoms with van der Waals surface area (Å²) >= 11 is 12.1. The summed E-state index contributed by atoms with van der Waals surface area (Å²) in [5, 5.41) is 14.8. The average Bonchev–Trinajstić information content (AvgIpc) is 2.75. The van der Waals surface area contributed by atoms with Crippen molar-refractivity contribution in [3.8, 4) is 0 Å². The van der Waals surface area contributed by atoms with Gasteiger partial charge in [-0.05, 0) is 42.5 Å². The van der Waals surface area contributed by atoms with Crippen LogP contribution in [0.3, 0.4) is 0 Å². The largest absolute Gasteiger partial charge is 0.319 e. The molecule has 12 heteroatoms. The van der Waals surface area contributed by atoms with Crippen molar-refractivity contribution in [2.24, 2.45) is 15.3 Å². The molecule has 0 aliphatic rings. The Bertz CT molecular complexity index is 1300. The van der Waals surface area contributed by atoms with Crippen molar-refractivity contribution in [1.29, 1.82) is 0 Å². The zero-order chi connectivity index (χ0) is 23.1. The van der Waals surface area contributed by atoms with Crippen LogP contribution in [0.1, 0.15) is 0 Å². The van der Waals surface area contributed by atoms with Gasteiger partial charge in [-0.1, -0.05) is 53.5 Å². The average molecular weight is 492 g/mol. The van der Waals surface area contributed by atoms with Gasteiger partial charge in [0, 0.05) is 5.69 Å². The summed E-state index contributed by atoms with van der Waals surface area (Å²) in [6.07, 6.45) is 0. The number of hydrazone groups is 1. The van der Waals surface area contributed by atoms with Crippen LogP contribution < -0.4 is 10.7 Å². The van der Waals surface area contributed by atoms with Gasteiger partial charge in [0.05, 0.1) is 20.6 Å². The maximum atomic E-state index is 12.7. The van der Waals surface area contributed by atoms with Crippen LogP contribution in [-0.4, -0.2) is 24.7 Å². The molecule has 0 bridgehead atoms. The van der Waals surface area contributed by atoms with Crippen LogP contribution in [-0.2, 0) is 14.9 Å². The van der Waals surface area contributed by atoms with Gasteiger partial charge < -0.3 is 5.32 Å². The van der Waals surface area contributed by atoms with Crippen LogP contribution in [0.2, 0.25) is 10.0 Å². The number of carbonyl (C=O) groups is 1. The van der Waals surface area contributed by atoms with E-state index in [1.807, 2.05) is 0 Å². The van der Waals surface area contributed by atoms with E-state index in [2.05, 4.69) is 26.1 Å². The molecule has 3 rings (SSSR count). The zero-order valence-electron chi connectivity index (χ0n) is 16.1. The SMILES string of the molecule is O=C(Nc1ccccc1)/C(N=Nc1ccccc1Cl)=N\Nc1cc(S(=O)(=O)O)ccc1Cl. The number of halogens is 2. The van der Waals surface area contributed by atoms with E-state index in [0.29, 0.717) is 16.4 Å². The van der Waals surface area contributed by atoms with E-state index in [4.69, 9.17) is 23.2 Å². The highest BCUT2D eigenvalue weighted by Gasteiger charge is 2.15. The Morgan fingerprint density at radius 1 is 0.906 bits per heavy atom. The number of benzene rings is 3. The Balaban J connectivity index is 1.93. The van der Waals surface area contributed by atoms with Crippen LogP contribution in [0.5, 0.6) is 0 Å². The highest BCUT2D eigenvalue weighted by molar-refractivity contribution is 7.85. The van der Waals surface area contributed by atoms with E-state index in [0.717, 1.165) is 12.1 Å². The van der Waals surface area contributed by atoms with Gasteiger partial charge in [0.1, 0.15) is 5.69 Å². The number of amidine groups is 1. The Labute approximate surface area is 193 Å². The maximum absolute atomic E-state index is 12.7. The Kier molecular flexibility index (Phi) is 7.54. The second-order valence-electron chi connectivity index (χ2n) is 6.14. The number of nitrogens with zero attached hydrogens (tertiary/aromatic N) is 3. The minimum Gasteiger partial charge on any atom is -0.319 e. The van der Waals surface area contributed by atoms with Gasteiger partial charge >= 0.3 is 0 Å². The molecule has 0 saturated heterocycles. The molecule has 3 aromatic rings. The first-order valence-electron chi connectivity index (χ1n) is 8.87. The third-order valence-corrected chi connectivity index (χ3v) is 5.36. The van der Waals surface area contributed by atoms with Crippen LogP contribution in [0.4, 0.5) is 17.1 Å². The van der Waals surface area contributed by atoms with Crippen molar-refractivity contribution >= 4 is 62.1 Å². The molecule has 0 radical (unpaired) electrons. The molecule has 32 heavy (non-hydrogen) atoms. The highest BCUT2D eigenvalue weighted by atomic mass is 35.5. The Hall–Kier alpha value is -3.31. The predicted octanol–water partition coefficient (Wildman–Crippen LogP) is 5.39. The Morgan fingerprint density at radius 3 is 2.28 bits per heavy atom. The van der Waals surface area contributed by atoms with Crippen molar-refractivity contribution < 1.29 is 17.8 Å². The third kappa shape index (κ3) is 6.34. The summed E-state index contributed by atoms with van der Waals surface area (Å²) in [4.78, 5) is 12.3. The fourth-order valence-corrected chi connectivity index (χ4v) is 3.16. The van der Waals surface area contributed by atoms with E-state index >= 15 is 0 Å². The summed E-state index contributed by atoms with van der Waals surface area (Å²) in [6.45, 7) is 0. The molecule has 0 saturated carbocycles. The van der Waals surface area contributed by atoms with Crippen LogP contribution in [0, 0.1) is 0 Å². The third-order valence-electron chi connectivity index (χ3n) is 3.86. The van der Waals surface area contributed by atoms with Gasteiger partial charge in [0.2, 0.25) is 0 Å². The van der Waals surface area contributed by atoms with E-state index in [9.17, 15) is 17.8 Å². The minimum atomic E-state index is -4.47. The quantitative estimate of drug-likeness (QED) is 0.144. The number of hydrogen-bond acceptors (Lipinski definition) is 6. The van der Waals surface area contributed by atoms with Gasteiger partial charge in [-0.15, -0.1) is 15.3 Å². The van der Waals surface area contributed by atoms with Crippen LogP contribution in [0.25, 0.3) is 0 Å². The van der Waals surface area contributed by atoms with Gasteiger partial charge in [-0.2, -0.15) is 8.42 Å². The molecule has 3 N–H and O–H groups in total. The number of nitrogens with one attached hydrogen (secondary N) is 2. The minimum absolute atomic E-state index is 0.0137. The summed E-state index contributed by atoms with van der Waals surface area (Å²) in [5.41, 5.74) is 3.29. The predicted molar refractivity (Wildman–Crippen MR) is 123 cm³/mol. The summed E-state index contributed by atoms with van der Waals surface area (Å²) in [6, 6.07) is 18.6. The Morgan fingerprint density at radius 2 is 1.59 bits per heavy atom. The first-order chi connectivity index (χ1) is 15.2. The van der Waals surface area contributed by atoms with Crippen molar-refractivity contribution in [1.82, 2.24) is 0 Å². The number of anilines is 2. The van der Waals surface area contributed by atoms with Crippen LogP contribution in [0.15, 0.2) is 93.0 Å². The molecule has 0 atom stereocenters. The number of carbonyl (C=O) groups excluding carboxylic acids is 1. The lowest BCUT2D eigenvalue weighted by molar-refractivity contribution is -0.110. The number of rotatable bonds is 5.